The van der Waals surface area contributed by atoms with Crippen LogP contribution in [0, 0.1) is 5.82 Å². The highest BCUT2D eigenvalue weighted by molar-refractivity contribution is 6.13. The van der Waals surface area contributed by atoms with Crippen LogP contribution in [0.2, 0.25) is 0 Å². The van der Waals surface area contributed by atoms with Crippen molar-refractivity contribution in [2.45, 2.75) is 0 Å². The van der Waals surface area contributed by atoms with E-state index in [0.29, 0.717) is 16.9 Å². The van der Waals surface area contributed by atoms with Gasteiger partial charge < -0.3 is 4.42 Å². The molecule has 0 bridgehead atoms. The predicted octanol–water partition coefficient (Wildman–Crippen LogP) is 3.16. The molecule has 0 spiro atoms. The number of benzene rings is 1. The summed E-state index contributed by atoms with van der Waals surface area (Å²) in [5.41, 5.74) is 1.11. The Kier molecular flexibility index (Phi) is 2.96. The molecule has 0 saturated heterocycles. The van der Waals surface area contributed by atoms with Gasteiger partial charge in [-0.05, 0) is 35.9 Å². The normalized spacial score (nSPS) is 11.4. The Bertz CT molecular complexity index is 495. The average Bonchev–Trinajstić information content (AvgIpc) is 2.80. The average molecular weight is 216 g/mol. The number of allylic oxidation sites excluding steroid dienone is 1. The van der Waals surface area contributed by atoms with Crippen molar-refractivity contribution >= 4 is 17.9 Å². The van der Waals surface area contributed by atoms with Crippen LogP contribution in [0.15, 0.2) is 47.1 Å². The monoisotopic (exact) mass is 216 g/mol. The molecule has 2 rings (SSSR count). The molecular formula is C13H9FO2. The topological polar surface area (TPSA) is 30.2 Å². The fourth-order valence-electron chi connectivity index (χ4n) is 1.35. The number of rotatable bonds is 3. The van der Waals surface area contributed by atoms with E-state index in [-0.39, 0.29) is 5.82 Å². The lowest BCUT2D eigenvalue weighted by molar-refractivity contribution is -0.103. The minimum atomic E-state index is -0.327. The molecule has 0 unspecified atom stereocenters. The molecule has 80 valence electrons. The van der Waals surface area contributed by atoms with Gasteiger partial charge in [0, 0.05) is 5.57 Å². The van der Waals surface area contributed by atoms with E-state index < -0.39 is 0 Å². The molecule has 1 aromatic heterocycles. The van der Waals surface area contributed by atoms with Crippen molar-refractivity contribution in [3.63, 3.8) is 0 Å². The van der Waals surface area contributed by atoms with Gasteiger partial charge in [-0.3, -0.25) is 4.79 Å². The quantitative estimate of drug-likeness (QED) is 0.582. The summed E-state index contributed by atoms with van der Waals surface area (Å²) in [5.74, 6) is 0.262. The third-order valence-corrected chi connectivity index (χ3v) is 2.15. The molecule has 0 saturated carbocycles. The van der Waals surface area contributed by atoms with E-state index in [1.165, 1.54) is 18.4 Å². The summed E-state index contributed by atoms with van der Waals surface area (Å²) in [5, 5.41) is 0. The Hall–Kier alpha value is -2.16. The molecule has 0 amide bonds. The van der Waals surface area contributed by atoms with E-state index in [1.807, 2.05) is 0 Å². The minimum Gasteiger partial charge on any atom is -0.465 e. The van der Waals surface area contributed by atoms with Gasteiger partial charge in [0.05, 0.1) is 6.26 Å². The number of furan rings is 1. The highest BCUT2D eigenvalue weighted by Crippen LogP contribution is 2.16. The van der Waals surface area contributed by atoms with Crippen LogP contribution in [-0.4, -0.2) is 6.29 Å². The Morgan fingerprint density at radius 2 is 1.94 bits per heavy atom. The lowest BCUT2D eigenvalue weighted by atomic mass is 10.1. The Morgan fingerprint density at radius 3 is 2.50 bits per heavy atom. The molecular weight excluding hydrogens is 207 g/mol. The molecule has 0 aliphatic rings. The van der Waals surface area contributed by atoms with Crippen LogP contribution in [0.25, 0.3) is 11.6 Å². The maximum Gasteiger partial charge on any atom is 0.150 e. The van der Waals surface area contributed by atoms with E-state index in [2.05, 4.69) is 0 Å². The molecule has 0 atom stereocenters. The second-order valence-electron chi connectivity index (χ2n) is 3.24. The van der Waals surface area contributed by atoms with Crippen molar-refractivity contribution in [3.8, 4) is 0 Å². The molecule has 0 aliphatic carbocycles. The van der Waals surface area contributed by atoms with Crippen molar-refractivity contribution in [2.75, 3.05) is 0 Å². The molecule has 2 nitrogen and oxygen atoms in total. The summed E-state index contributed by atoms with van der Waals surface area (Å²) in [7, 11) is 0. The van der Waals surface area contributed by atoms with Gasteiger partial charge >= 0.3 is 0 Å². The van der Waals surface area contributed by atoms with E-state index in [4.69, 9.17) is 4.42 Å². The molecule has 0 N–H and O–H groups in total. The first-order valence-electron chi connectivity index (χ1n) is 4.76. The van der Waals surface area contributed by atoms with Crippen molar-refractivity contribution in [1.82, 2.24) is 0 Å². The van der Waals surface area contributed by atoms with E-state index in [1.54, 1.807) is 30.3 Å². The van der Waals surface area contributed by atoms with Crippen LogP contribution >= 0.6 is 0 Å². The SMILES string of the molecule is O=CC(=Cc1ccco1)c1ccc(F)cc1. The number of carbonyl (C=O) groups excluding carboxylic acids is 1. The number of carbonyl (C=O) groups is 1. The van der Waals surface area contributed by atoms with Gasteiger partial charge in [0.25, 0.3) is 0 Å². The maximum absolute atomic E-state index is 12.7. The van der Waals surface area contributed by atoms with Crippen molar-refractivity contribution in [2.24, 2.45) is 0 Å². The molecule has 16 heavy (non-hydrogen) atoms. The number of hydrogen-bond acceptors (Lipinski definition) is 2. The highest BCUT2D eigenvalue weighted by Gasteiger charge is 2.02. The smallest absolute Gasteiger partial charge is 0.150 e. The first-order valence-corrected chi connectivity index (χ1v) is 4.76. The van der Waals surface area contributed by atoms with Crippen LogP contribution in [0.5, 0.6) is 0 Å². The van der Waals surface area contributed by atoms with E-state index >= 15 is 0 Å². The Balaban J connectivity index is 2.36. The number of hydrogen-bond donors (Lipinski definition) is 0. The van der Waals surface area contributed by atoms with Crippen molar-refractivity contribution in [1.29, 1.82) is 0 Å². The van der Waals surface area contributed by atoms with E-state index in [9.17, 15) is 9.18 Å². The lowest BCUT2D eigenvalue weighted by Crippen LogP contribution is -1.86. The summed E-state index contributed by atoms with van der Waals surface area (Å²) >= 11 is 0. The van der Waals surface area contributed by atoms with Crippen molar-refractivity contribution in [3.05, 3.63) is 59.8 Å². The molecule has 3 heteroatoms. The van der Waals surface area contributed by atoms with Gasteiger partial charge in [-0.15, -0.1) is 0 Å². The molecule has 1 heterocycles. The summed E-state index contributed by atoms with van der Waals surface area (Å²) in [6, 6.07) is 9.21. The zero-order valence-corrected chi connectivity index (χ0v) is 8.39. The van der Waals surface area contributed by atoms with Crippen LogP contribution in [0.4, 0.5) is 4.39 Å². The standard InChI is InChI=1S/C13H9FO2/c14-12-5-3-10(4-6-12)11(9-15)8-13-2-1-7-16-13/h1-9H. The maximum atomic E-state index is 12.7. The Morgan fingerprint density at radius 1 is 1.19 bits per heavy atom. The third-order valence-electron chi connectivity index (χ3n) is 2.15. The molecule has 0 radical (unpaired) electrons. The summed E-state index contributed by atoms with van der Waals surface area (Å²) in [6.45, 7) is 0. The molecule has 0 fully saturated rings. The van der Waals surface area contributed by atoms with Gasteiger partial charge in [0.2, 0.25) is 0 Å². The van der Waals surface area contributed by atoms with Crippen LogP contribution in [-0.2, 0) is 4.79 Å². The fourth-order valence-corrected chi connectivity index (χ4v) is 1.35. The molecule has 0 aliphatic heterocycles. The summed E-state index contributed by atoms with van der Waals surface area (Å²) in [4.78, 5) is 10.9. The highest BCUT2D eigenvalue weighted by atomic mass is 19.1. The number of halogens is 1. The number of aldehydes is 1. The predicted molar refractivity (Wildman–Crippen MR) is 59.0 cm³/mol. The zero-order chi connectivity index (χ0) is 11.4. The second kappa shape index (κ2) is 4.57. The first kappa shape index (κ1) is 10.4. The Labute approximate surface area is 92.0 Å². The first-order chi connectivity index (χ1) is 7.79. The third kappa shape index (κ3) is 2.25. The van der Waals surface area contributed by atoms with Gasteiger partial charge in [-0.25, -0.2) is 4.39 Å². The van der Waals surface area contributed by atoms with Crippen LogP contribution < -0.4 is 0 Å². The lowest BCUT2D eigenvalue weighted by Gasteiger charge is -1.99. The fraction of sp³-hybridized carbons (Fsp3) is 0. The van der Waals surface area contributed by atoms with Gasteiger partial charge in [-0.1, -0.05) is 12.1 Å². The van der Waals surface area contributed by atoms with Crippen LogP contribution in [0.1, 0.15) is 11.3 Å². The summed E-state index contributed by atoms with van der Waals surface area (Å²) in [6.07, 6.45) is 3.86. The van der Waals surface area contributed by atoms with Crippen molar-refractivity contribution < 1.29 is 13.6 Å². The van der Waals surface area contributed by atoms with Gasteiger partial charge in [-0.2, -0.15) is 0 Å². The van der Waals surface area contributed by atoms with Crippen LogP contribution in [0.3, 0.4) is 0 Å². The molecule has 1 aromatic carbocycles. The minimum absolute atomic E-state index is 0.327. The summed E-state index contributed by atoms with van der Waals surface area (Å²) < 4.78 is 17.8. The molecule has 2 aromatic rings. The second-order valence-corrected chi connectivity index (χ2v) is 3.24. The van der Waals surface area contributed by atoms with E-state index in [0.717, 1.165) is 6.29 Å². The largest absolute Gasteiger partial charge is 0.465 e. The van der Waals surface area contributed by atoms with Gasteiger partial charge in [0.1, 0.15) is 11.6 Å². The zero-order valence-electron chi connectivity index (χ0n) is 8.39. The van der Waals surface area contributed by atoms with Gasteiger partial charge in [0.15, 0.2) is 6.29 Å².